The Labute approximate surface area is 92.1 Å². The standard InChI is InChI=1S/C9H5BrF2O3/c10-4-6(13)5-2-1-3-7-8(5)15-9(11,12)14-7/h1-3H,4H2. The molecule has 0 saturated carbocycles. The molecule has 1 heterocycles. The predicted molar refractivity (Wildman–Crippen MR) is 50.8 cm³/mol. The van der Waals surface area contributed by atoms with Crippen LogP contribution in [-0.4, -0.2) is 17.4 Å². The normalized spacial score (nSPS) is 16.5. The number of carbonyl (C=O) groups excluding carboxylic acids is 1. The Morgan fingerprint density at radius 1 is 1.40 bits per heavy atom. The van der Waals surface area contributed by atoms with Crippen LogP contribution in [0, 0.1) is 0 Å². The first kappa shape index (κ1) is 10.4. The van der Waals surface area contributed by atoms with Crippen molar-refractivity contribution in [1.29, 1.82) is 0 Å². The second-order valence-electron chi connectivity index (χ2n) is 2.86. The summed E-state index contributed by atoms with van der Waals surface area (Å²) >= 11 is 2.95. The van der Waals surface area contributed by atoms with Crippen molar-refractivity contribution in [1.82, 2.24) is 0 Å². The van der Waals surface area contributed by atoms with Crippen LogP contribution < -0.4 is 9.47 Å². The van der Waals surface area contributed by atoms with E-state index in [-0.39, 0.29) is 28.2 Å². The minimum atomic E-state index is -3.69. The molecule has 0 atom stereocenters. The molecular weight excluding hydrogens is 274 g/mol. The number of rotatable bonds is 2. The lowest BCUT2D eigenvalue weighted by atomic mass is 10.1. The van der Waals surface area contributed by atoms with Gasteiger partial charge in [0.1, 0.15) is 0 Å². The van der Waals surface area contributed by atoms with Crippen LogP contribution in [0.5, 0.6) is 11.5 Å². The Balaban J connectivity index is 2.46. The number of ether oxygens (including phenoxy) is 2. The summed E-state index contributed by atoms with van der Waals surface area (Å²) in [5, 5.41) is 0.0401. The summed E-state index contributed by atoms with van der Waals surface area (Å²) in [7, 11) is 0. The van der Waals surface area contributed by atoms with Crippen molar-refractivity contribution < 1.29 is 23.0 Å². The molecule has 1 aliphatic heterocycles. The van der Waals surface area contributed by atoms with E-state index in [0.717, 1.165) is 0 Å². The van der Waals surface area contributed by atoms with Crippen molar-refractivity contribution >= 4 is 21.7 Å². The van der Waals surface area contributed by atoms with Crippen LogP contribution in [0.1, 0.15) is 10.4 Å². The average Bonchev–Trinajstić information content (AvgIpc) is 2.49. The topological polar surface area (TPSA) is 35.5 Å². The zero-order valence-electron chi connectivity index (χ0n) is 7.30. The summed E-state index contributed by atoms with van der Waals surface area (Å²) in [5.74, 6) is -0.660. The molecule has 0 unspecified atom stereocenters. The van der Waals surface area contributed by atoms with Gasteiger partial charge in [-0.2, -0.15) is 0 Å². The van der Waals surface area contributed by atoms with E-state index in [4.69, 9.17) is 0 Å². The Bertz CT molecular complexity index is 420. The van der Waals surface area contributed by atoms with Gasteiger partial charge in [0.25, 0.3) is 0 Å². The number of hydrogen-bond acceptors (Lipinski definition) is 3. The largest absolute Gasteiger partial charge is 0.586 e. The summed E-state index contributed by atoms with van der Waals surface area (Å²) in [5.41, 5.74) is 0.0848. The summed E-state index contributed by atoms with van der Waals surface area (Å²) in [6.45, 7) is 0. The molecule has 1 aromatic carbocycles. The molecule has 0 bridgehead atoms. The van der Waals surface area contributed by atoms with Crippen LogP contribution in [0.2, 0.25) is 0 Å². The van der Waals surface area contributed by atoms with Crippen molar-refractivity contribution in [3.8, 4) is 11.5 Å². The van der Waals surface area contributed by atoms with E-state index in [9.17, 15) is 13.6 Å². The van der Waals surface area contributed by atoms with Crippen LogP contribution >= 0.6 is 15.9 Å². The third-order valence-electron chi connectivity index (χ3n) is 1.85. The van der Waals surface area contributed by atoms with Crippen molar-refractivity contribution in [3.63, 3.8) is 0 Å². The fraction of sp³-hybridized carbons (Fsp3) is 0.222. The van der Waals surface area contributed by atoms with Gasteiger partial charge in [0.05, 0.1) is 10.9 Å². The summed E-state index contributed by atoms with van der Waals surface area (Å²) in [6, 6.07) is 4.19. The molecule has 80 valence electrons. The summed E-state index contributed by atoms with van der Waals surface area (Å²) < 4.78 is 33.9. The number of benzene rings is 1. The van der Waals surface area contributed by atoms with Crippen LogP contribution in [0.25, 0.3) is 0 Å². The maximum Gasteiger partial charge on any atom is 0.586 e. The Hall–Kier alpha value is -1.17. The van der Waals surface area contributed by atoms with Crippen molar-refractivity contribution in [3.05, 3.63) is 23.8 Å². The molecule has 6 heteroatoms. The second kappa shape index (κ2) is 3.44. The van der Waals surface area contributed by atoms with Gasteiger partial charge in [-0.1, -0.05) is 22.0 Å². The van der Waals surface area contributed by atoms with Crippen molar-refractivity contribution in [2.24, 2.45) is 0 Å². The van der Waals surface area contributed by atoms with E-state index in [0.29, 0.717) is 0 Å². The number of carbonyl (C=O) groups is 1. The zero-order chi connectivity index (χ0) is 11.1. The monoisotopic (exact) mass is 278 g/mol. The van der Waals surface area contributed by atoms with E-state index in [2.05, 4.69) is 25.4 Å². The van der Waals surface area contributed by atoms with E-state index in [1.807, 2.05) is 0 Å². The molecule has 0 amide bonds. The number of Topliss-reactive ketones (excluding diaryl/α,β-unsaturated/α-hetero) is 1. The van der Waals surface area contributed by atoms with Crippen molar-refractivity contribution in [2.45, 2.75) is 6.29 Å². The number of fused-ring (bicyclic) bond motifs is 1. The van der Waals surface area contributed by atoms with Gasteiger partial charge in [0.15, 0.2) is 17.3 Å². The molecule has 0 aromatic heterocycles. The lowest BCUT2D eigenvalue weighted by Gasteiger charge is -2.05. The smallest absolute Gasteiger partial charge is 0.395 e. The first-order valence-electron chi connectivity index (χ1n) is 4.01. The fourth-order valence-corrected chi connectivity index (χ4v) is 1.56. The molecular formula is C9H5BrF2O3. The molecule has 3 nitrogen and oxygen atoms in total. The van der Waals surface area contributed by atoms with E-state index in [1.165, 1.54) is 18.2 Å². The number of para-hydroxylation sites is 1. The van der Waals surface area contributed by atoms with Gasteiger partial charge in [0.2, 0.25) is 0 Å². The Morgan fingerprint density at radius 3 is 2.80 bits per heavy atom. The lowest BCUT2D eigenvalue weighted by Crippen LogP contribution is -2.26. The van der Waals surface area contributed by atoms with Gasteiger partial charge in [-0.3, -0.25) is 4.79 Å². The summed E-state index contributed by atoms with van der Waals surface area (Å²) in [6.07, 6.45) is -3.69. The third-order valence-corrected chi connectivity index (χ3v) is 2.36. The quantitative estimate of drug-likeness (QED) is 0.616. The Kier molecular flexibility index (Phi) is 2.38. The van der Waals surface area contributed by atoms with Gasteiger partial charge in [0, 0.05) is 0 Å². The molecule has 1 aromatic rings. The number of ketones is 1. The van der Waals surface area contributed by atoms with Crippen LogP contribution in [0.3, 0.4) is 0 Å². The van der Waals surface area contributed by atoms with E-state index in [1.54, 1.807) is 0 Å². The van der Waals surface area contributed by atoms with Gasteiger partial charge in [-0.25, -0.2) is 0 Å². The van der Waals surface area contributed by atoms with Crippen LogP contribution in [0.15, 0.2) is 18.2 Å². The molecule has 0 fully saturated rings. The zero-order valence-corrected chi connectivity index (χ0v) is 8.88. The minimum absolute atomic E-state index is 0.0401. The molecule has 0 spiro atoms. The lowest BCUT2D eigenvalue weighted by molar-refractivity contribution is -0.286. The van der Waals surface area contributed by atoms with Crippen LogP contribution in [0.4, 0.5) is 8.78 Å². The minimum Gasteiger partial charge on any atom is -0.395 e. The van der Waals surface area contributed by atoms with E-state index < -0.39 is 6.29 Å². The molecule has 0 radical (unpaired) electrons. The van der Waals surface area contributed by atoms with Gasteiger partial charge >= 0.3 is 6.29 Å². The SMILES string of the molecule is O=C(CBr)c1cccc2c1OC(F)(F)O2. The molecule has 0 N–H and O–H groups in total. The highest BCUT2D eigenvalue weighted by atomic mass is 79.9. The molecule has 15 heavy (non-hydrogen) atoms. The highest BCUT2D eigenvalue weighted by Gasteiger charge is 2.45. The second-order valence-corrected chi connectivity index (χ2v) is 3.42. The molecule has 0 saturated heterocycles. The van der Waals surface area contributed by atoms with Crippen molar-refractivity contribution in [2.75, 3.05) is 5.33 Å². The summed E-state index contributed by atoms with van der Waals surface area (Å²) in [4.78, 5) is 11.4. The number of hydrogen-bond donors (Lipinski definition) is 0. The van der Waals surface area contributed by atoms with Gasteiger partial charge < -0.3 is 9.47 Å². The average molecular weight is 279 g/mol. The van der Waals surface area contributed by atoms with Gasteiger partial charge in [-0.15, -0.1) is 8.78 Å². The Morgan fingerprint density at radius 2 is 2.13 bits per heavy atom. The van der Waals surface area contributed by atoms with Crippen LogP contribution in [-0.2, 0) is 0 Å². The molecule has 2 rings (SSSR count). The maximum atomic E-state index is 12.7. The van der Waals surface area contributed by atoms with Gasteiger partial charge in [-0.05, 0) is 12.1 Å². The highest BCUT2D eigenvalue weighted by Crippen LogP contribution is 2.43. The fourth-order valence-electron chi connectivity index (χ4n) is 1.26. The molecule has 1 aliphatic rings. The third kappa shape index (κ3) is 1.81. The molecule has 0 aliphatic carbocycles. The first-order chi connectivity index (χ1) is 7.03. The maximum absolute atomic E-state index is 12.7. The van der Waals surface area contributed by atoms with E-state index >= 15 is 0 Å². The number of alkyl halides is 3. The predicted octanol–water partition coefficient (Wildman–Crippen LogP) is 2.59. The number of halogens is 3. The highest BCUT2D eigenvalue weighted by molar-refractivity contribution is 9.09. The first-order valence-corrected chi connectivity index (χ1v) is 5.13.